The van der Waals surface area contributed by atoms with Crippen LogP contribution in [0.15, 0.2) is 24.4 Å². The fourth-order valence-electron chi connectivity index (χ4n) is 1.83. The van der Waals surface area contributed by atoms with Crippen LogP contribution in [0.5, 0.6) is 0 Å². The van der Waals surface area contributed by atoms with E-state index in [1.807, 2.05) is 25.1 Å². The number of rotatable bonds is 4. The molecule has 3 unspecified atom stereocenters. The Labute approximate surface area is 95.8 Å². The van der Waals surface area contributed by atoms with Gasteiger partial charge in [0.25, 0.3) is 0 Å². The smallest absolute Gasteiger partial charge is 0.115 e. The van der Waals surface area contributed by atoms with Gasteiger partial charge in [0, 0.05) is 18.8 Å². The highest BCUT2D eigenvalue weighted by molar-refractivity contribution is 5.08. The van der Waals surface area contributed by atoms with E-state index in [1.54, 1.807) is 6.20 Å². The van der Waals surface area contributed by atoms with E-state index >= 15 is 0 Å². The maximum Gasteiger partial charge on any atom is 0.115 e. The lowest BCUT2D eigenvalue weighted by Gasteiger charge is -2.23. The monoisotopic (exact) mass is 222 g/mol. The van der Waals surface area contributed by atoms with Crippen molar-refractivity contribution in [1.82, 2.24) is 4.98 Å². The lowest BCUT2D eigenvalue weighted by Crippen LogP contribution is -2.31. The number of aromatic nitrogens is 1. The Morgan fingerprint density at radius 1 is 1.56 bits per heavy atom. The molecule has 1 fully saturated rings. The molecule has 1 aliphatic heterocycles. The van der Waals surface area contributed by atoms with Gasteiger partial charge >= 0.3 is 0 Å². The second kappa shape index (κ2) is 5.39. The molecule has 3 atom stereocenters. The summed E-state index contributed by atoms with van der Waals surface area (Å²) in [7, 11) is 0. The first-order valence-corrected chi connectivity index (χ1v) is 5.67. The van der Waals surface area contributed by atoms with Gasteiger partial charge in [-0.2, -0.15) is 0 Å². The number of ether oxygens (including phenoxy) is 2. The molecule has 1 aromatic heterocycles. The first-order chi connectivity index (χ1) is 7.77. The lowest BCUT2D eigenvalue weighted by atomic mass is 10.1. The molecule has 1 saturated heterocycles. The minimum absolute atomic E-state index is 0.0736. The molecule has 0 saturated carbocycles. The van der Waals surface area contributed by atoms with Crippen LogP contribution in [0, 0.1) is 0 Å². The molecule has 0 spiro atoms. The lowest BCUT2D eigenvalue weighted by molar-refractivity contribution is -0.0289. The number of nitrogens with two attached hydrogens (primary N) is 1. The van der Waals surface area contributed by atoms with Crippen LogP contribution in [0.2, 0.25) is 0 Å². The van der Waals surface area contributed by atoms with Crippen molar-refractivity contribution in [2.24, 2.45) is 5.73 Å². The Morgan fingerprint density at radius 3 is 3.00 bits per heavy atom. The summed E-state index contributed by atoms with van der Waals surface area (Å²) in [6.45, 7) is 3.38. The van der Waals surface area contributed by atoms with Gasteiger partial charge < -0.3 is 15.2 Å². The topological polar surface area (TPSA) is 57.4 Å². The summed E-state index contributed by atoms with van der Waals surface area (Å²) < 4.78 is 11.2. The molecular weight excluding hydrogens is 204 g/mol. The zero-order chi connectivity index (χ0) is 11.4. The van der Waals surface area contributed by atoms with E-state index in [4.69, 9.17) is 15.2 Å². The first-order valence-electron chi connectivity index (χ1n) is 5.67. The summed E-state index contributed by atoms with van der Waals surface area (Å²) in [6, 6.07) is 5.71. The van der Waals surface area contributed by atoms with Crippen LogP contribution in [0.4, 0.5) is 0 Å². The highest BCUT2D eigenvalue weighted by atomic mass is 16.6. The third kappa shape index (κ3) is 2.78. The number of hydrogen-bond acceptors (Lipinski definition) is 4. The van der Waals surface area contributed by atoms with Crippen molar-refractivity contribution in [1.29, 1.82) is 0 Å². The Morgan fingerprint density at radius 2 is 2.44 bits per heavy atom. The van der Waals surface area contributed by atoms with Gasteiger partial charge in [-0.25, -0.2) is 0 Å². The molecule has 1 aliphatic rings. The van der Waals surface area contributed by atoms with E-state index in [0.717, 1.165) is 18.7 Å². The largest absolute Gasteiger partial charge is 0.379 e. The van der Waals surface area contributed by atoms with E-state index in [9.17, 15) is 0 Å². The standard InChI is InChI=1S/C12H18N2O2/c1-9(13)12(11-4-2-3-6-14-11)16-10-5-7-15-8-10/h2-4,6,9-10,12H,5,7-8,13H2,1H3. The van der Waals surface area contributed by atoms with Crippen molar-refractivity contribution >= 4 is 0 Å². The summed E-state index contributed by atoms with van der Waals surface area (Å²) >= 11 is 0. The molecular formula is C12H18N2O2. The number of pyridine rings is 1. The minimum atomic E-state index is -0.145. The predicted molar refractivity (Wildman–Crippen MR) is 60.9 cm³/mol. The van der Waals surface area contributed by atoms with Crippen LogP contribution >= 0.6 is 0 Å². The first kappa shape index (κ1) is 11.5. The maximum atomic E-state index is 5.95. The SMILES string of the molecule is CC(N)C(OC1CCOC1)c1ccccn1. The van der Waals surface area contributed by atoms with Gasteiger partial charge in [-0.05, 0) is 25.5 Å². The van der Waals surface area contributed by atoms with Gasteiger partial charge in [0.05, 0.1) is 18.4 Å². The molecule has 2 heterocycles. The highest BCUT2D eigenvalue weighted by Gasteiger charge is 2.25. The van der Waals surface area contributed by atoms with Gasteiger partial charge in [-0.15, -0.1) is 0 Å². The van der Waals surface area contributed by atoms with Crippen molar-refractivity contribution < 1.29 is 9.47 Å². The number of hydrogen-bond donors (Lipinski definition) is 1. The number of nitrogens with zero attached hydrogens (tertiary/aromatic N) is 1. The Hall–Kier alpha value is -0.970. The Kier molecular flexibility index (Phi) is 3.88. The molecule has 0 aliphatic carbocycles. The van der Waals surface area contributed by atoms with Gasteiger partial charge in [-0.1, -0.05) is 6.07 Å². The normalized spacial score (nSPS) is 24.2. The molecule has 2 rings (SSSR count). The second-order valence-electron chi connectivity index (χ2n) is 4.16. The van der Waals surface area contributed by atoms with E-state index < -0.39 is 0 Å². The van der Waals surface area contributed by atoms with Gasteiger partial charge in [-0.3, -0.25) is 4.98 Å². The van der Waals surface area contributed by atoms with E-state index in [2.05, 4.69) is 4.98 Å². The van der Waals surface area contributed by atoms with Gasteiger partial charge in [0.2, 0.25) is 0 Å². The third-order valence-electron chi connectivity index (χ3n) is 2.68. The predicted octanol–water partition coefficient (Wildman–Crippen LogP) is 1.28. The summed E-state index contributed by atoms with van der Waals surface area (Å²) in [4.78, 5) is 4.30. The molecule has 0 aromatic carbocycles. The fourth-order valence-corrected chi connectivity index (χ4v) is 1.83. The van der Waals surface area contributed by atoms with Crippen LogP contribution in [0.25, 0.3) is 0 Å². The van der Waals surface area contributed by atoms with Crippen molar-refractivity contribution in [3.05, 3.63) is 30.1 Å². The zero-order valence-corrected chi connectivity index (χ0v) is 9.50. The summed E-state index contributed by atoms with van der Waals surface area (Å²) in [5, 5.41) is 0. The van der Waals surface area contributed by atoms with Crippen molar-refractivity contribution in [2.75, 3.05) is 13.2 Å². The van der Waals surface area contributed by atoms with Crippen molar-refractivity contribution in [3.63, 3.8) is 0 Å². The van der Waals surface area contributed by atoms with Crippen LogP contribution < -0.4 is 5.73 Å². The minimum Gasteiger partial charge on any atom is -0.379 e. The quantitative estimate of drug-likeness (QED) is 0.833. The molecule has 1 aromatic rings. The van der Waals surface area contributed by atoms with Crippen LogP contribution in [0.1, 0.15) is 25.1 Å². The molecule has 0 radical (unpaired) electrons. The summed E-state index contributed by atoms with van der Waals surface area (Å²) in [5.41, 5.74) is 6.83. The molecule has 0 amide bonds. The van der Waals surface area contributed by atoms with E-state index in [1.165, 1.54) is 0 Å². The van der Waals surface area contributed by atoms with E-state index in [-0.39, 0.29) is 18.2 Å². The molecule has 2 N–H and O–H groups in total. The van der Waals surface area contributed by atoms with E-state index in [0.29, 0.717) is 6.61 Å². The van der Waals surface area contributed by atoms with Crippen LogP contribution in [-0.4, -0.2) is 30.3 Å². The van der Waals surface area contributed by atoms with Crippen LogP contribution in [0.3, 0.4) is 0 Å². The van der Waals surface area contributed by atoms with Gasteiger partial charge in [0.15, 0.2) is 0 Å². The maximum absolute atomic E-state index is 5.95. The Balaban J connectivity index is 2.05. The molecule has 88 valence electrons. The third-order valence-corrected chi connectivity index (χ3v) is 2.68. The summed E-state index contributed by atoms with van der Waals surface area (Å²) in [5.74, 6) is 0. The highest BCUT2D eigenvalue weighted by Crippen LogP contribution is 2.23. The molecule has 4 heteroatoms. The average molecular weight is 222 g/mol. The van der Waals surface area contributed by atoms with Gasteiger partial charge in [0.1, 0.15) is 6.10 Å². The van der Waals surface area contributed by atoms with Crippen molar-refractivity contribution in [2.45, 2.75) is 31.6 Å². The zero-order valence-electron chi connectivity index (χ0n) is 9.50. The van der Waals surface area contributed by atoms with Crippen molar-refractivity contribution in [3.8, 4) is 0 Å². The summed E-state index contributed by atoms with van der Waals surface area (Å²) in [6.07, 6.45) is 2.71. The molecule has 16 heavy (non-hydrogen) atoms. The fraction of sp³-hybridized carbons (Fsp3) is 0.583. The second-order valence-corrected chi connectivity index (χ2v) is 4.16. The van der Waals surface area contributed by atoms with Crippen LogP contribution in [-0.2, 0) is 9.47 Å². The average Bonchev–Trinajstić information content (AvgIpc) is 2.79. The molecule has 0 bridgehead atoms. The molecule has 4 nitrogen and oxygen atoms in total. The Bertz CT molecular complexity index is 310.